The highest BCUT2D eigenvalue weighted by molar-refractivity contribution is 7.86. The Morgan fingerprint density at radius 3 is 2.11 bits per heavy atom. The van der Waals surface area contributed by atoms with Crippen molar-refractivity contribution in [1.82, 2.24) is 0 Å². The lowest BCUT2D eigenvalue weighted by Gasteiger charge is -2.46. The molecule has 11 atom stereocenters. The van der Waals surface area contributed by atoms with Crippen LogP contribution in [0.4, 0.5) is 0 Å². The first-order valence-electron chi connectivity index (χ1n) is 7.77. The molecule has 2 aliphatic rings. The summed E-state index contributed by atoms with van der Waals surface area (Å²) in [4.78, 5) is 0. The summed E-state index contributed by atoms with van der Waals surface area (Å²) in [6.45, 7) is -0.788. The van der Waals surface area contributed by atoms with Crippen molar-refractivity contribution in [3.8, 4) is 0 Å². The number of ether oxygens (including phenoxy) is 3. The highest BCUT2D eigenvalue weighted by Gasteiger charge is 2.53. The maximum Gasteiger partial charge on any atom is 0.294 e. The molecule has 15 heteroatoms. The van der Waals surface area contributed by atoms with Gasteiger partial charge in [0.25, 0.3) is 10.1 Å². The molecule has 0 aliphatic carbocycles. The van der Waals surface area contributed by atoms with Crippen LogP contribution >= 0.6 is 0 Å². The van der Waals surface area contributed by atoms with Crippen molar-refractivity contribution in [1.29, 1.82) is 0 Å². The molecule has 0 aromatic rings. The number of hydrogen-bond donors (Lipinski definition) is 9. The number of aliphatic hydroxyl groups excluding tert-OH is 7. The molecule has 0 saturated carbocycles. The molecular formula is C12H23NO13S. The average molecular weight is 421 g/mol. The number of aliphatic hydroxyl groups is 7. The molecule has 0 radical (unpaired) electrons. The van der Waals surface area contributed by atoms with Gasteiger partial charge in [-0.15, -0.1) is 0 Å². The smallest absolute Gasteiger partial charge is 0.294 e. The molecule has 2 aliphatic heterocycles. The zero-order valence-corrected chi connectivity index (χ0v) is 14.5. The average Bonchev–Trinajstić information content (AvgIpc) is 2.60. The molecule has 2 heterocycles. The predicted molar refractivity (Wildman–Crippen MR) is 81.1 cm³/mol. The summed E-state index contributed by atoms with van der Waals surface area (Å²) in [5, 5.41) is 68.1. The van der Waals surface area contributed by atoms with E-state index in [9.17, 15) is 39.1 Å². The zero-order chi connectivity index (χ0) is 20.7. The van der Waals surface area contributed by atoms with E-state index in [-0.39, 0.29) is 0 Å². The van der Waals surface area contributed by atoms with Gasteiger partial charge in [-0.25, -0.2) is 0 Å². The third-order valence-electron chi connectivity index (χ3n) is 4.41. The van der Waals surface area contributed by atoms with E-state index in [1.807, 2.05) is 0 Å². The minimum Gasteiger partial charge on any atom is -0.394 e. The Hall–Kier alpha value is -0.530. The molecule has 0 amide bonds. The molecule has 160 valence electrons. The quantitative estimate of drug-likeness (QED) is 0.187. The molecular weight excluding hydrogens is 398 g/mol. The van der Waals surface area contributed by atoms with Gasteiger partial charge in [0.05, 0.1) is 12.6 Å². The third kappa shape index (κ3) is 4.56. The molecule has 27 heavy (non-hydrogen) atoms. The van der Waals surface area contributed by atoms with E-state index in [1.165, 1.54) is 0 Å². The standard InChI is InChI=1S/C12H23NO13S/c13-3-5(16)8(9(25-10(3)19)11(20)27(21,22)23)26-12-7(18)6(17)4(15)2(1-14)24-12/h2-12,14-20H,1,13H2,(H,21,22,23)/t2-,3-,4+,5-,6+,7-,8+,9+,10?,11?,12+/m1/s1. The summed E-state index contributed by atoms with van der Waals surface area (Å²) in [6.07, 6.45) is -16.4. The fourth-order valence-electron chi connectivity index (χ4n) is 2.80. The maximum atomic E-state index is 11.2. The second-order valence-corrected chi connectivity index (χ2v) is 7.78. The van der Waals surface area contributed by atoms with Crippen LogP contribution in [0, 0.1) is 0 Å². The van der Waals surface area contributed by atoms with Crippen molar-refractivity contribution in [2.45, 2.75) is 66.8 Å². The highest BCUT2D eigenvalue weighted by atomic mass is 32.2. The SMILES string of the molecule is N[C@H]1C(O)O[C@H](C(O)S(=O)(=O)O)[C@@H](O[C@@H]2O[C@H](CO)[C@H](O)[C@H](O)[C@H]2O)[C@@H]1O. The van der Waals surface area contributed by atoms with Crippen LogP contribution in [0.1, 0.15) is 0 Å². The van der Waals surface area contributed by atoms with E-state index in [1.54, 1.807) is 0 Å². The second-order valence-electron chi connectivity index (χ2n) is 6.26. The second kappa shape index (κ2) is 8.46. The first kappa shape index (κ1) is 22.8. The Balaban J connectivity index is 2.28. The Morgan fingerprint density at radius 1 is 1.00 bits per heavy atom. The van der Waals surface area contributed by atoms with E-state index in [0.717, 1.165) is 0 Å². The van der Waals surface area contributed by atoms with Crippen LogP contribution in [0.5, 0.6) is 0 Å². The predicted octanol–water partition coefficient (Wildman–Crippen LogP) is -6.22. The lowest BCUT2D eigenvalue weighted by Crippen LogP contribution is -2.67. The van der Waals surface area contributed by atoms with Crippen LogP contribution in [0.25, 0.3) is 0 Å². The van der Waals surface area contributed by atoms with Crippen molar-refractivity contribution >= 4 is 10.1 Å². The van der Waals surface area contributed by atoms with Gasteiger partial charge in [0.2, 0.25) is 5.44 Å². The minimum atomic E-state index is -5.13. The first-order valence-corrected chi connectivity index (χ1v) is 9.28. The molecule has 0 aromatic heterocycles. The summed E-state index contributed by atoms with van der Waals surface area (Å²) in [5.41, 5.74) is 2.82. The fraction of sp³-hybridized carbons (Fsp3) is 1.00. The molecule has 2 unspecified atom stereocenters. The minimum absolute atomic E-state index is 0.788. The molecule has 0 spiro atoms. The largest absolute Gasteiger partial charge is 0.394 e. The number of nitrogens with two attached hydrogens (primary N) is 1. The summed E-state index contributed by atoms with van der Waals surface area (Å²) in [6, 6.07) is -1.54. The topological polar surface area (TPSA) is 250 Å². The molecule has 2 fully saturated rings. The van der Waals surface area contributed by atoms with Crippen LogP contribution in [0.3, 0.4) is 0 Å². The lowest BCUT2D eigenvalue weighted by molar-refractivity contribution is -0.345. The van der Waals surface area contributed by atoms with E-state index >= 15 is 0 Å². The van der Waals surface area contributed by atoms with Crippen molar-refractivity contribution in [3.63, 3.8) is 0 Å². The summed E-state index contributed by atoms with van der Waals surface area (Å²) in [7, 11) is -5.13. The van der Waals surface area contributed by atoms with Crippen molar-refractivity contribution < 1.29 is 62.9 Å². The number of hydrogen-bond acceptors (Lipinski definition) is 13. The normalized spacial score (nSPS) is 47.6. The zero-order valence-electron chi connectivity index (χ0n) is 13.7. The van der Waals surface area contributed by atoms with Gasteiger partial charge in [0, 0.05) is 0 Å². The summed E-state index contributed by atoms with van der Waals surface area (Å²) in [5.74, 6) is 0. The van der Waals surface area contributed by atoms with Gasteiger partial charge >= 0.3 is 0 Å². The lowest BCUT2D eigenvalue weighted by atomic mass is 9.96. The van der Waals surface area contributed by atoms with Gasteiger partial charge in [0.1, 0.15) is 42.7 Å². The third-order valence-corrected chi connectivity index (χ3v) is 5.29. The van der Waals surface area contributed by atoms with Crippen molar-refractivity contribution in [2.75, 3.05) is 6.61 Å². The van der Waals surface area contributed by atoms with E-state index in [0.29, 0.717) is 0 Å². The molecule has 0 aromatic carbocycles. The van der Waals surface area contributed by atoms with Crippen LogP contribution in [-0.2, 0) is 24.3 Å². The van der Waals surface area contributed by atoms with Gasteiger partial charge in [-0.3, -0.25) is 4.55 Å². The molecule has 2 saturated heterocycles. The Bertz CT molecular complexity index is 602. The molecule has 14 nitrogen and oxygen atoms in total. The molecule has 10 N–H and O–H groups in total. The van der Waals surface area contributed by atoms with Gasteiger partial charge in [-0.2, -0.15) is 8.42 Å². The fourth-order valence-corrected chi connectivity index (χ4v) is 3.36. The summed E-state index contributed by atoms with van der Waals surface area (Å²) < 4.78 is 46.5. The van der Waals surface area contributed by atoms with Gasteiger partial charge in [-0.1, -0.05) is 0 Å². The van der Waals surface area contributed by atoms with E-state index < -0.39 is 83.5 Å². The van der Waals surface area contributed by atoms with Gasteiger partial charge in [0.15, 0.2) is 12.6 Å². The Labute approximate surface area is 153 Å². The molecule has 0 bridgehead atoms. The van der Waals surface area contributed by atoms with Crippen LogP contribution in [-0.4, -0.2) is 122 Å². The van der Waals surface area contributed by atoms with Crippen LogP contribution in [0.15, 0.2) is 0 Å². The van der Waals surface area contributed by atoms with E-state index in [4.69, 9.17) is 29.6 Å². The highest BCUT2D eigenvalue weighted by Crippen LogP contribution is 2.30. The van der Waals surface area contributed by atoms with Crippen LogP contribution in [0.2, 0.25) is 0 Å². The monoisotopic (exact) mass is 421 g/mol. The van der Waals surface area contributed by atoms with Crippen LogP contribution < -0.4 is 5.73 Å². The maximum absolute atomic E-state index is 11.2. The van der Waals surface area contributed by atoms with E-state index in [2.05, 4.69) is 0 Å². The number of rotatable bonds is 5. The Morgan fingerprint density at radius 2 is 1.59 bits per heavy atom. The first-order chi connectivity index (χ1) is 12.4. The summed E-state index contributed by atoms with van der Waals surface area (Å²) >= 11 is 0. The Kier molecular flexibility index (Phi) is 7.13. The van der Waals surface area contributed by atoms with Crippen molar-refractivity contribution in [3.05, 3.63) is 0 Å². The molecule has 2 rings (SSSR count). The van der Waals surface area contributed by atoms with Gasteiger partial charge in [-0.05, 0) is 0 Å². The van der Waals surface area contributed by atoms with Crippen molar-refractivity contribution in [2.24, 2.45) is 5.73 Å². The van der Waals surface area contributed by atoms with Gasteiger partial charge < -0.3 is 55.7 Å².